The van der Waals surface area contributed by atoms with Gasteiger partial charge in [0.15, 0.2) is 11.0 Å². The number of carbonyl (C=O) groups excluding carboxylic acids is 1. The van der Waals surface area contributed by atoms with Crippen LogP contribution in [0.5, 0.6) is 5.75 Å². The molecule has 194 valence electrons. The highest BCUT2D eigenvalue weighted by atomic mass is 32.1. The van der Waals surface area contributed by atoms with Crippen LogP contribution in [0.4, 0.5) is 0 Å². The Labute approximate surface area is 207 Å². The van der Waals surface area contributed by atoms with Crippen LogP contribution in [0.1, 0.15) is 27.0 Å². The molecule has 0 saturated carbocycles. The molecule has 0 bridgehead atoms. The van der Waals surface area contributed by atoms with Crippen molar-refractivity contribution in [3.8, 4) is 5.75 Å². The molecule has 0 aliphatic heterocycles. The van der Waals surface area contributed by atoms with Crippen LogP contribution in [0, 0.1) is 4.77 Å². The Kier molecular flexibility index (Phi) is 10.8. The van der Waals surface area contributed by atoms with Gasteiger partial charge >= 0.3 is 13.7 Å². The number of benzene rings is 1. The fraction of sp³-hybridized carbons (Fsp3) is 0.476. The third-order valence-corrected chi connectivity index (χ3v) is 6.52. The molecule has 0 fully saturated rings. The number of aromatic amines is 1. The number of nitrogens with zero attached hydrogens (tertiary/aromatic N) is 1. The maximum absolute atomic E-state index is 13.5. The molecule has 0 amide bonds. The molecule has 1 heterocycles. The summed E-state index contributed by atoms with van der Waals surface area (Å²) in [5.41, 5.74) is -0.477. The fourth-order valence-electron chi connectivity index (χ4n) is 2.80. The van der Waals surface area contributed by atoms with E-state index in [1.54, 1.807) is 44.2 Å². The highest BCUT2D eigenvalue weighted by Gasteiger charge is 2.36. The Balaban J connectivity index is 2.20. The summed E-state index contributed by atoms with van der Waals surface area (Å²) in [5.74, 6) is -0.478. The quantitative estimate of drug-likeness (QED) is 0.170. The van der Waals surface area contributed by atoms with E-state index in [1.807, 2.05) is 0 Å². The molecule has 35 heavy (non-hydrogen) atoms. The zero-order chi connectivity index (χ0) is 26.2. The van der Waals surface area contributed by atoms with E-state index in [2.05, 4.69) is 10.1 Å². The molecule has 4 N–H and O–H groups in total. The molecule has 5 atom stereocenters. The second kappa shape index (κ2) is 13.1. The summed E-state index contributed by atoms with van der Waals surface area (Å²) in [7, 11) is -2.97. The van der Waals surface area contributed by atoms with Gasteiger partial charge in [0.25, 0.3) is 5.56 Å². The molecule has 1 aromatic heterocycles. The Morgan fingerprint density at radius 1 is 1.20 bits per heavy atom. The molecule has 1 aromatic carbocycles. The number of hydrogen-bond donors (Lipinski definition) is 4. The van der Waals surface area contributed by atoms with Crippen molar-refractivity contribution in [2.24, 2.45) is 0 Å². The van der Waals surface area contributed by atoms with Gasteiger partial charge in [-0.2, -0.15) is 5.09 Å². The van der Waals surface area contributed by atoms with Crippen molar-refractivity contribution in [1.82, 2.24) is 14.6 Å². The molecule has 0 saturated heterocycles. The molecular formula is C21H30N3O9PS. The van der Waals surface area contributed by atoms with E-state index in [-0.39, 0.29) is 10.5 Å². The number of carbonyl (C=O) groups is 1. The summed E-state index contributed by atoms with van der Waals surface area (Å²) in [6, 6.07) is 8.17. The van der Waals surface area contributed by atoms with E-state index in [0.29, 0.717) is 0 Å². The average Bonchev–Trinajstić information content (AvgIpc) is 2.79. The number of aliphatic hydroxyl groups excluding tert-OH is 2. The lowest BCUT2D eigenvalue weighted by atomic mass is 10.2. The molecular weight excluding hydrogens is 501 g/mol. The van der Waals surface area contributed by atoms with Crippen LogP contribution in [0.25, 0.3) is 0 Å². The summed E-state index contributed by atoms with van der Waals surface area (Å²) in [6.07, 6.45) is -3.65. The summed E-state index contributed by atoms with van der Waals surface area (Å²) in [5, 5.41) is 23.7. The maximum Gasteiger partial charge on any atom is 0.459 e. The number of H-pyrrole nitrogens is 1. The zero-order valence-corrected chi connectivity index (χ0v) is 21.4. The minimum Gasteiger partial charge on any atom is -0.462 e. The number of ether oxygens (including phenoxy) is 2. The second-order valence-electron chi connectivity index (χ2n) is 7.73. The van der Waals surface area contributed by atoms with Crippen LogP contribution < -0.4 is 15.2 Å². The number of nitrogens with one attached hydrogen (secondary N) is 2. The van der Waals surface area contributed by atoms with E-state index in [1.165, 1.54) is 20.2 Å². The largest absolute Gasteiger partial charge is 0.462 e. The van der Waals surface area contributed by atoms with Crippen LogP contribution in [0.15, 0.2) is 47.4 Å². The number of rotatable bonds is 13. The Morgan fingerprint density at radius 3 is 2.43 bits per heavy atom. The summed E-state index contributed by atoms with van der Waals surface area (Å²) in [4.78, 5) is 25.9. The first-order valence-electron chi connectivity index (χ1n) is 10.6. The number of hydrogen-bond acceptors (Lipinski definition) is 10. The van der Waals surface area contributed by atoms with Gasteiger partial charge in [-0.3, -0.25) is 23.7 Å². The number of methoxy groups -OCH3 is 1. The first-order chi connectivity index (χ1) is 16.5. The first kappa shape index (κ1) is 28.9. The molecule has 2 aromatic rings. The lowest BCUT2D eigenvalue weighted by molar-refractivity contribution is -0.149. The number of aliphatic hydroxyl groups is 2. The van der Waals surface area contributed by atoms with Gasteiger partial charge in [0, 0.05) is 19.4 Å². The van der Waals surface area contributed by atoms with Crippen molar-refractivity contribution in [3.05, 3.63) is 57.7 Å². The van der Waals surface area contributed by atoms with Gasteiger partial charge in [-0.1, -0.05) is 18.2 Å². The Morgan fingerprint density at radius 2 is 1.86 bits per heavy atom. The lowest BCUT2D eigenvalue weighted by Crippen LogP contribution is -2.41. The standard InChI is InChI=1S/C21H30N3O9PS/c1-13(2)32-20(28)14(3)23-34(29,33-15-8-6-5-7-9-15)31-12-16(30-4)18(26)19(27)24-11-10-17(25)22-21(24)35/h5-11,13-14,16,18-19,26-27H,12H2,1-4H3,(H,23,29)(H,22,25,35)/t14-,16?,18?,19?,34?/m0/s1. The van der Waals surface area contributed by atoms with Gasteiger partial charge in [0.2, 0.25) is 0 Å². The average molecular weight is 532 g/mol. The van der Waals surface area contributed by atoms with Gasteiger partial charge in [0.1, 0.15) is 24.0 Å². The molecule has 14 heteroatoms. The highest BCUT2D eigenvalue weighted by molar-refractivity contribution is 7.71. The van der Waals surface area contributed by atoms with Crippen LogP contribution in [0.3, 0.4) is 0 Å². The predicted octanol–water partition coefficient (Wildman–Crippen LogP) is 1.91. The number of esters is 1. The van der Waals surface area contributed by atoms with Crippen LogP contribution in [-0.4, -0.2) is 63.8 Å². The van der Waals surface area contributed by atoms with E-state index >= 15 is 0 Å². The molecule has 0 radical (unpaired) electrons. The van der Waals surface area contributed by atoms with E-state index in [9.17, 15) is 24.4 Å². The Bertz CT molecular complexity index is 1120. The van der Waals surface area contributed by atoms with Crippen LogP contribution in [0.2, 0.25) is 0 Å². The number of aromatic nitrogens is 2. The summed E-state index contributed by atoms with van der Waals surface area (Å²) >= 11 is 5.00. The van der Waals surface area contributed by atoms with Gasteiger partial charge in [-0.15, -0.1) is 0 Å². The molecule has 12 nitrogen and oxygen atoms in total. The van der Waals surface area contributed by atoms with Crippen molar-refractivity contribution in [1.29, 1.82) is 0 Å². The van der Waals surface area contributed by atoms with E-state index in [0.717, 1.165) is 10.6 Å². The summed E-state index contributed by atoms with van der Waals surface area (Å²) in [6.45, 7) is 4.26. The monoisotopic (exact) mass is 531 g/mol. The lowest BCUT2D eigenvalue weighted by Gasteiger charge is -2.29. The SMILES string of the molecule is COC(COP(=O)(N[C@@H](C)C(=O)OC(C)C)Oc1ccccc1)C(O)C(O)n1ccc(=O)[nH]c1=S. The smallest absolute Gasteiger partial charge is 0.459 e. The molecule has 0 aliphatic carbocycles. The fourth-order valence-corrected chi connectivity index (χ4v) is 4.58. The van der Waals surface area contributed by atoms with Crippen molar-refractivity contribution in [3.63, 3.8) is 0 Å². The minimum atomic E-state index is -4.22. The maximum atomic E-state index is 13.5. The predicted molar refractivity (Wildman–Crippen MR) is 128 cm³/mol. The van der Waals surface area contributed by atoms with Gasteiger partial charge in [-0.25, -0.2) is 4.57 Å². The third kappa shape index (κ3) is 8.65. The van der Waals surface area contributed by atoms with Crippen molar-refractivity contribution < 1.29 is 38.1 Å². The van der Waals surface area contributed by atoms with Crippen molar-refractivity contribution in [2.45, 2.75) is 51.4 Å². The van der Waals surface area contributed by atoms with Crippen molar-refractivity contribution in [2.75, 3.05) is 13.7 Å². The molecule has 0 spiro atoms. The van der Waals surface area contributed by atoms with Crippen molar-refractivity contribution >= 4 is 25.9 Å². The van der Waals surface area contributed by atoms with E-state index < -0.39 is 56.5 Å². The highest BCUT2D eigenvalue weighted by Crippen LogP contribution is 2.45. The van der Waals surface area contributed by atoms with Crippen LogP contribution >= 0.6 is 20.0 Å². The van der Waals surface area contributed by atoms with Gasteiger partial charge in [0.05, 0.1) is 12.7 Å². The van der Waals surface area contributed by atoms with Gasteiger partial charge < -0.3 is 24.2 Å². The topological polar surface area (TPSA) is 161 Å². The first-order valence-corrected chi connectivity index (χ1v) is 12.6. The Hall–Kier alpha value is -2.38. The summed E-state index contributed by atoms with van der Waals surface area (Å²) < 4.78 is 35.8. The van der Waals surface area contributed by atoms with Gasteiger partial charge in [-0.05, 0) is 45.1 Å². The zero-order valence-electron chi connectivity index (χ0n) is 19.7. The number of para-hydroxylation sites is 1. The normalized spacial score (nSPS) is 16.7. The molecule has 4 unspecified atom stereocenters. The van der Waals surface area contributed by atoms with E-state index in [4.69, 9.17) is 30.7 Å². The third-order valence-electron chi connectivity index (χ3n) is 4.56. The molecule has 2 rings (SSSR count). The second-order valence-corrected chi connectivity index (χ2v) is 9.81. The van der Waals surface area contributed by atoms with Crippen LogP contribution in [-0.2, 0) is 23.4 Å². The molecule has 0 aliphatic rings. The minimum absolute atomic E-state index is 0.128.